The highest BCUT2D eigenvalue weighted by molar-refractivity contribution is 5.38. The molecule has 0 bridgehead atoms. The predicted molar refractivity (Wildman–Crippen MR) is 34.3 cm³/mol. The van der Waals surface area contributed by atoms with E-state index in [9.17, 15) is 4.79 Å². The van der Waals surface area contributed by atoms with Gasteiger partial charge in [-0.1, -0.05) is 0 Å². The Bertz CT molecular complexity index is 83.8. The van der Waals surface area contributed by atoms with E-state index in [2.05, 4.69) is 4.74 Å². The van der Waals surface area contributed by atoms with E-state index in [0.29, 0.717) is 6.61 Å². The van der Waals surface area contributed by atoms with Crippen LogP contribution in [0.5, 0.6) is 0 Å². The molecule has 0 heterocycles. The lowest BCUT2D eigenvalue weighted by Gasteiger charge is -2.11. The summed E-state index contributed by atoms with van der Waals surface area (Å²) in [5, 5.41) is 0. The lowest BCUT2D eigenvalue weighted by Crippen LogP contribution is -2.23. The molecule has 0 saturated heterocycles. The standard InChI is InChI=1S/C6H11O4/c1-8-3-6(9-2)4-10-5-7/h6H,3-4H2,1-2H3. The van der Waals surface area contributed by atoms with E-state index >= 15 is 0 Å². The van der Waals surface area contributed by atoms with E-state index in [1.165, 1.54) is 13.6 Å². The Morgan fingerprint density at radius 2 is 2.10 bits per heavy atom. The van der Waals surface area contributed by atoms with Crippen molar-refractivity contribution in [3.8, 4) is 0 Å². The number of hydrogen-bond donors (Lipinski definition) is 0. The van der Waals surface area contributed by atoms with E-state index in [1.54, 1.807) is 7.11 Å². The smallest absolute Gasteiger partial charge is 0.417 e. The quantitative estimate of drug-likeness (QED) is 0.519. The SMILES string of the molecule is COCC(CO[C]=O)OC. The molecule has 0 aromatic heterocycles. The van der Waals surface area contributed by atoms with Crippen molar-refractivity contribution in [3.05, 3.63) is 0 Å². The highest BCUT2D eigenvalue weighted by Crippen LogP contribution is 1.89. The number of carbonyl (C=O) groups excluding carboxylic acids is 1. The van der Waals surface area contributed by atoms with Gasteiger partial charge in [0.1, 0.15) is 12.7 Å². The molecular weight excluding hydrogens is 136 g/mol. The second-order valence-electron chi connectivity index (χ2n) is 1.71. The van der Waals surface area contributed by atoms with E-state index in [4.69, 9.17) is 9.47 Å². The maximum atomic E-state index is 9.59. The average molecular weight is 147 g/mol. The van der Waals surface area contributed by atoms with Gasteiger partial charge < -0.3 is 14.2 Å². The molecule has 1 unspecified atom stereocenters. The van der Waals surface area contributed by atoms with Gasteiger partial charge in [0.2, 0.25) is 0 Å². The second kappa shape index (κ2) is 6.51. The molecule has 10 heavy (non-hydrogen) atoms. The highest BCUT2D eigenvalue weighted by atomic mass is 16.6. The number of ether oxygens (including phenoxy) is 3. The normalized spacial score (nSPS) is 12.6. The molecule has 4 heteroatoms. The third-order valence-electron chi connectivity index (χ3n) is 1.01. The summed E-state index contributed by atoms with van der Waals surface area (Å²) in [6.07, 6.45) is -0.188. The Labute approximate surface area is 60.1 Å². The van der Waals surface area contributed by atoms with Crippen LogP contribution in [0.4, 0.5) is 0 Å². The molecule has 0 aromatic rings. The zero-order chi connectivity index (χ0) is 7.82. The van der Waals surface area contributed by atoms with Crippen molar-refractivity contribution in [2.75, 3.05) is 27.4 Å². The third kappa shape index (κ3) is 4.29. The molecule has 0 N–H and O–H groups in total. The van der Waals surface area contributed by atoms with Gasteiger partial charge in [0.05, 0.1) is 6.61 Å². The molecule has 0 aliphatic heterocycles. The summed E-state index contributed by atoms with van der Waals surface area (Å²) in [5.74, 6) is 0. The van der Waals surface area contributed by atoms with E-state index in [1.807, 2.05) is 0 Å². The summed E-state index contributed by atoms with van der Waals surface area (Å²) in [5.41, 5.74) is 0. The van der Waals surface area contributed by atoms with Crippen LogP contribution in [-0.2, 0) is 19.0 Å². The number of rotatable bonds is 6. The maximum absolute atomic E-state index is 9.59. The van der Waals surface area contributed by atoms with E-state index < -0.39 is 0 Å². The van der Waals surface area contributed by atoms with Gasteiger partial charge in [0, 0.05) is 14.2 Å². The molecule has 0 saturated carbocycles. The summed E-state index contributed by atoms with van der Waals surface area (Å²) >= 11 is 0. The summed E-state index contributed by atoms with van der Waals surface area (Å²) < 4.78 is 13.9. The van der Waals surface area contributed by atoms with Crippen LogP contribution in [0.2, 0.25) is 0 Å². The molecule has 0 rings (SSSR count). The Morgan fingerprint density at radius 1 is 1.40 bits per heavy atom. The van der Waals surface area contributed by atoms with Crippen molar-refractivity contribution < 1.29 is 19.0 Å². The summed E-state index contributed by atoms with van der Waals surface area (Å²) in [6, 6.07) is 0. The largest absolute Gasteiger partial charge is 0.454 e. The van der Waals surface area contributed by atoms with Gasteiger partial charge in [-0.25, -0.2) is 4.79 Å². The van der Waals surface area contributed by atoms with Gasteiger partial charge in [-0.2, -0.15) is 0 Å². The summed E-state index contributed by atoms with van der Waals surface area (Å²) in [6.45, 7) is 1.91. The highest BCUT2D eigenvalue weighted by Gasteiger charge is 2.05. The van der Waals surface area contributed by atoms with Gasteiger partial charge in [-0.05, 0) is 0 Å². The van der Waals surface area contributed by atoms with Gasteiger partial charge >= 0.3 is 6.47 Å². The lowest BCUT2D eigenvalue weighted by atomic mass is 10.4. The van der Waals surface area contributed by atoms with Crippen LogP contribution < -0.4 is 0 Å². The van der Waals surface area contributed by atoms with Crippen molar-refractivity contribution in [2.24, 2.45) is 0 Å². The zero-order valence-corrected chi connectivity index (χ0v) is 6.12. The van der Waals surface area contributed by atoms with Crippen LogP contribution >= 0.6 is 0 Å². The summed E-state index contributed by atoms with van der Waals surface area (Å²) in [7, 11) is 3.08. The van der Waals surface area contributed by atoms with Crippen molar-refractivity contribution in [3.63, 3.8) is 0 Å². The molecule has 59 valence electrons. The minimum absolute atomic E-state index is 0.188. The molecule has 0 spiro atoms. The van der Waals surface area contributed by atoms with Crippen molar-refractivity contribution >= 4 is 6.47 Å². The Balaban J connectivity index is 3.29. The van der Waals surface area contributed by atoms with E-state index in [-0.39, 0.29) is 12.7 Å². The monoisotopic (exact) mass is 147 g/mol. The molecule has 0 aliphatic carbocycles. The van der Waals surface area contributed by atoms with Crippen molar-refractivity contribution in [1.29, 1.82) is 0 Å². The summed E-state index contributed by atoms with van der Waals surface area (Å²) in [4.78, 5) is 9.59. The first-order chi connectivity index (χ1) is 4.85. The molecule has 0 amide bonds. The van der Waals surface area contributed by atoms with Gasteiger partial charge in [-0.3, -0.25) is 0 Å². The molecule has 0 aromatic carbocycles. The first kappa shape index (κ1) is 9.39. The lowest BCUT2D eigenvalue weighted by molar-refractivity contribution is -0.00254. The van der Waals surface area contributed by atoms with Crippen LogP contribution in [0.1, 0.15) is 0 Å². The fraction of sp³-hybridized carbons (Fsp3) is 0.833. The van der Waals surface area contributed by atoms with Crippen LogP contribution in [0.3, 0.4) is 0 Å². The molecule has 0 aliphatic rings. The van der Waals surface area contributed by atoms with Crippen molar-refractivity contribution in [1.82, 2.24) is 0 Å². The molecular formula is C6H11O4. The molecule has 1 radical (unpaired) electrons. The first-order valence-corrected chi connectivity index (χ1v) is 2.85. The minimum atomic E-state index is -0.188. The van der Waals surface area contributed by atoms with Crippen LogP contribution in [0.25, 0.3) is 0 Å². The zero-order valence-electron chi connectivity index (χ0n) is 6.12. The molecule has 1 atom stereocenters. The van der Waals surface area contributed by atoms with Crippen LogP contribution in [-0.4, -0.2) is 40.0 Å². The predicted octanol–water partition coefficient (Wildman–Crippen LogP) is -0.268. The average Bonchev–Trinajstić information content (AvgIpc) is 1.98. The fourth-order valence-electron chi connectivity index (χ4n) is 0.497. The Hall–Kier alpha value is -0.610. The van der Waals surface area contributed by atoms with Crippen LogP contribution in [0, 0.1) is 0 Å². The number of hydrogen-bond acceptors (Lipinski definition) is 4. The fourth-order valence-corrected chi connectivity index (χ4v) is 0.497. The Kier molecular flexibility index (Phi) is 6.11. The first-order valence-electron chi connectivity index (χ1n) is 2.85. The van der Waals surface area contributed by atoms with Crippen molar-refractivity contribution in [2.45, 2.75) is 6.10 Å². The van der Waals surface area contributed by atoms with E-state index in [0.717, 1.165) is 0 Å². The molecule has 0 fully saturated rings. The maximum Gasteiger partial charge on any atom is 0.417 e. The van der Waals surface area contributed by atoms with Gasteiger partial charge in [0.25, 0.3) is 0 Å². The number of methoxy groups -OCH3 is 2. The van der Waals surface area contributed by atoms with Crippen LogP contribution in [0.15, 0.2) is 0 Å². The topological polar surface area (TPSA) is 44.8 Å². The Morgan fingerprint density at radius 3 is 2.50 bits per heavy atom. The minimum Gasteiger partial charge on any atom is -0.454 e. The van der Waals surface area contributed by atoms with Gasteiger partial charge in [-0.15, -0.1) is 0 Å². The second-order valence-corrected chi connectivity index (χ2v) is 1.71. The third-order valence-corrected chi connectivity index (χ3v) is 1.01. The molecule has 4 nitrogen and oxygen atoms in total. The van der Waals surface area contributed by atoms with Gasteiger partial charge in [0.15, 0.2) is 0 Å².